The highest BCUT2D eigenvalue weighted by molar-refractivity contribution is 7.93. The lowest BCUT2D eigenvalue weighted by Crippen LogP contribution is -2.46. The Balaban J connectivity index is 1.90. The third-order valence-electron chi connectivity index (χ3n) is 4.67. The van der Waals surface area contributed by atoms with Gasteiger partial charge in [0.05, 0.1) is 18.4 Å². The average molecular weight is 431 g/mol. The molecule has 0 aliphatic carbocycles. The Morgan fingerprint density at radius 3 is 2.71 bits per heavy atom. The van der Waals surface area contributed by atoms with Crippen LogP contribution in [0.15, 0.2) is 26.7 Å². The van der Waals surface area contributed by atoms with Crippen LogP contribution in [0.5, 0.6) is 0 Å². The van der Waals surface area contributed by atoms with Crippen LogP contribution in [0.25, 0.3) is 0 Å². The maximum atomic E-state index is 12.3. The van der Waals surface area contributed by atoms with Crippen molar-refractivity contribution in [3.63, 3.8) is 0 Å². The molecule has 1 fully saturated rings. The maximum absolute atomic E-state index is 12.3. The zero-order valence-corrected chi connectivity index (χ0v) is 18.1. The van der Waals surface area contributed by atoms with E-state index >= 15 is 0 Å². The SMILES string of the molecule is CCNC(=NCC(O)CS(=O)(=O)c1cccs1)N1CCC(CC(=O)NC)CC1. The first-order valence-corrected chi connectivity index (χ1v) is 12.1. The molecular weight excluding hydrogens is 400 g/mol. The highest BCUT2D eigenvalue weighted by atomic mass is 32.2. The van der Waals surface area contributed by atoms with Crippen molar-refractivity contribution < 1.29 is 18.3 Å². The number of thiophene rings is 1. The number of amides is 1. The normalized spacial score (nSPS) is 17.4. The minimum Gasteiger partial charge on any atom is -0.390 e. The lowest BCUT2D eigenvalue weighted by Gasteiger charge is -2.34. The van der Waals surface area contributed by atoms with Gasteiger partial charge in [-0.3, -0.25) is 9.79 Å². The minimum atomic E-state index is -3.50. The Hall–Kier alpha value is -1.65. The molecule has 1 atom stereocenters. The molecule has 1 amide bonds. The molecule has 1 aromatic heterocycles. The minimum absolute atomic E-state index is 0.0190. The number of likely N-dealkylation sites (tertiary alicyclic amines) is 1. The van der Waals surface area contributed by atoms with Crippen LogP contribution in [0.3, 0.4) is 0 Å². The Morgan fingerprint density at radius 2 is 2.14 bits per heavy atom. The first-order chi connectivity index (χ1) is 13.4. The molecule has 0 aromatic carbocycles. The van der Waals surface area contributed by atoms with E-state index in [0.29, 0.717) is 24.8 Å². The lowest BCUT2D eigenvalue weighted by atomic mass is 9.93. The number of hydrogen-bond donors (Lipinski definition) is 3. The van der Waals surface area contributed by atoms with Crippen molar-refractivity contribution in [2.75, 3.05) is 39.0 Å². The van der Waals surface area contributed by atoms with Crippen molar-refractivity contribution in [1.82, 2.24) is 15.5 Å². The first kappa shape index (κ1) is 22.6. The van der Waals surface area contributed by atoms with Crippen LogP contribution in [0.2, 0.25) is 0 Å². The number of hydrogen-bond acceptors (Lipinski definition) is 6. The van der Waals surface area contributed by atoms with Crippen molar-refractivity contribution in [3.05, 3.63) is 17.5 Å². The average Bonchev–Trinajstić information content (AvgIpc) is 3.21. The molecule has 0 radical (unpaired) electrons. The van der Waals surface area contributed by atoms with Gasteiger partial charge >= 0.3 is 0 Å². The van der Waals surface area contributed by atoms with E-state index in [1.165, 1.54) is 0 Å². The Bertz CT molecular complexity index is 742. The van der Waals surface area contributed by atoms with Gasteiger partial charge in [0, 0.05) is 33.1 Å². The molecule has 1 aliphatic heterocycles. The van der Waals surface area contributed by atoms with Gasteiger partial charge in [0.2, 0.25) is 5.91 Å². The standard InChI is InChI=1S/C18H30N4O4S2/c1-3-20-18(22-8-6-14(7-9-22)11-16(24)19-2)21-12-15(23)13-28(25,26)17-5-4-10-27-17/h4-5,10,14-15,23H,3,6-9,11-13H2,1-2H3,(H,19,24)(H,20,21). The number of carbonyl (C=O) groups excluding carboxylic acids is 1. The smallest absolute Gasteiger partial charge is 0.220 e. The molecule has 28 heavy (non-hydrogen) atoms. The van der Waals surface area contributed by atoms with Crippen molar-refractivity contribution >= 4 is 33.0 Å². The fraction of sp³-hybridized carbons (Fsp3) is 0.667. The van der Waals surface area contributed by atoms with E-state index in [4.69, 9.17) is 0 Å². The monoisotopic (exact) mass is 430 g/mol. The summed E-state index contributed by atoms with van der Waals surface area (Å²) in [6.45, 7) is 4.21. The quantitative estimate of drug-likeness (QED) is 0.413. The number of sulfone groups is 1. The molecule has 158 valence electrons. The van der Waals surface area contributed by atoms with Crippen LogP contribution in [-0.2, 0) is 14.6 Å². The number of guanidine groups is 1. The molecular formula is C18H30N4O4S2. The molecule has 10 heteroatoms. The van der Waals surface area contributed by atoms with Gasteiger partial charge < -0.3 is 20.6 Å². The zero-order chi connectivity index (χ0) is 20.6. The molecule has 3 N–H and O–H groups in total. The van der Waals surface area contributed by atoms with E-state index in [1.807, 2.05) is 6.92 Å². The molecule has 0 bridgehead atoms. The molecule has 1 aromatic rings. The van der Waals surface area contributed by atoms with Gasteiger partial charge in [-0.2, -0.15) is 0 Å². The van der Waals surface area contributed by atoms with E-state index in [1.54, 1.807) is 24.6 Å². The van der Waals surface area contributed by atoms with E-state index < -0.39 is 15.9 Å². The summed E-state index contributed by atoms with van der Waals surface area (Å²) in [4.78, 5) is 18.1. The molecule has 2 heterocycles. The van der Waals surface area contributed by atoms with Gasteiger partial charge in [-0.05, 0) is 37.1 Å². The third-order valence-corrected chi connectivity index (χ3v) is 7.95. The molecule has 2 rings (SSSR count). The van der Waals surface area contributed by atoms with Gasteiger partial charge in [0.15, 0.2) is 15.8 Å². The van der Waals surface area contributed by atoms with Crippen LogP contribution >= 0.6 is 11.3 Å². The highest BCUT2D eigenvalue weighted by Gasteiger charge is 2.24. The predicted octanol–water partition coefficient (Wildman–Crippen LogP) is 0.696. The van der Waals surface area contributed by atoms with Crippen molar-refractivity contribution in [1.29, 1.82) is 0 Å². The first-order valence-electron chi connectivity index (χ1n) is 9.53. The van der Waals surface area contributed by atoms with Crippen molar-refractivity contribution in [2.24, 2.45) is 10.9 Å². The van der Waals surface area contributed by atoms with Crippen LogP contribution in [0.1, 0.15) is 26.2 Å². The Kier molecular flexibility index (Phi) is 8.71. The number of nitrogens with zero attached hydrogens (tertiary/aromatic N) is 2. The summed E-state index contributed by atoms with van der Waals surface area (Å²) in [5.41, 5.74) is 0. The lowest BCUT2D eigenvalue weighted by molar-refractivity contribution is -0.121. The topological polar surface area (TPSA) is 111 Å². The number of nitrogens with one attached hydrogen (secondary N) is 2. The van der Waals surface area contributed by atoms with Gasteiger partial charge in [0.1, 0.15) is 4.21 Å². The summed E-state index contributed by atoms with van der Waals surface area (Å²) >= 11 is 1.15. The summed E-state index contributed by atoms with van der Waals surface area (Å²) in [6.07, 6.45) is 1.27. The third kappa shape index (κ3) is 6.75. The number of aliphatic imine (C=N–C) groups is 1. The number of aliphatic hydroxyl groups excluding tert-OH is 1. The second-order valence-electron chi connectivity index (χ2n) is 6.87. The number of rotatable bonds is 8. The van der Waals surface area contributed by atoms with E-state index in [0.717, 1.165) is 37.3 Å². The maximum Gasteiger partial charge on any atom is 0.220 e. The fourth-order valence-corrected chi connectivity index (χ4v) is 5.63. The van der Waals surface area contributed by atoms with E-state index in [-0.39, 0.29) is 22.4 Å². The van der Waals surface area contributed by atoms with Crippen LogP contribution in [0.4, 0.5) is 0 Å². The van der Waals surface area contributed by atoms with Crippen molar-refractivity contribution in [2.45, 2.75) is 36.5 Å². The number of carbonyl (C=O) groups is 1. The summed E-state index contributed by atoms with van der Waals surface area (Å²) in [5, 5.41) is 17.8. The number of aliphatic hydroxyl groups is 1. The van der Waals surface area contributed by atoms with Gasteiger partial charge in [-0.15, -0.1) is 11.3 Å². The fourth-order valence-electron chi connectivity index (χ4n) is 3.16. The number of piperidine rings is 1. The van der Waals surface area contributed by atoms with E-state index in [9.17, 15) is 18.3 Å². The van der Waals surface area contributed by atoms with E-state index in [2.05, 4.69) is 20.5 Å². The molecule has 1 saturated heterocycles. The molecule has 1 aliphatic rings. The van der Waals surface area contributed by atoms with Gasteiger partial charge in [-0.25, -0.2) is 8.42 Å². The Labute approximate surface area is 171 Å². The second kappa shape index (κ2) is 10.8. The molecule has 0 spiro atoms. The largest absolute Gasteiger partial charge is 0.390 e. The second-order valence-corrected chi connectivity index (χ2v) is 10.1. The molecule has 8 nitrogen and oxygen atoms in total. The Morgan fingerprint density at radius 1 is 1.43 bits per heavy atom. The van der Waals surface area contributed by atoms with Gasteiger partial charge in [-0.1, -0.05) is 6.07 Å². The molecule has 1 unspecified atom stereocenters. The van der Waals surface area contributed by atoms with Crippen LogP contribution in [0, 0.1) is 5.92 Å². The molecule has 0 saturated carbocycles. The predicted molar refractivity (Wildman–Crippen MR) is 111 cm³/mol. The highest BCUT2D eigenvalue weighted by Crippen LogP contribution is 2.21. The van der Waals surface area contributed by atoms with Crippen LogP contribution < -0.4 is 10.6 Å². The van der Waals surface area contributed by atoms with Gasteiger partial charge in [0.25, 0.3) is 0 Å². The summed E-state index contributed by atoms with van der Waals surface area (Å²) in [5.74, 6) is 0.758. The summed E-state index contributed by atoms with van der Waals surface area (Å²) < 4.78 is 24.8. The summed E-state index contributed by atoms with van der Waals surface area (Å²) in [6, 6.07) is 3.22. The zero-order valence-electron chi connectivity index (χ0n) is 16.4. The van der Waals surface area contributed by atoms with Crippen molar-refractivity contribution in [3.8, 4) is 0 Å². The van der Waals surface area contributed by atoms with Crippen LogP contribution in [-0.4, -0.2) is 75.4 Å². The summed E-state index contributed by atoms with van der Waals surface area (Å²) in [7, 11) is -1.85.